The quantitative estimate of drug-likeness (QED) is 0.694. The van der Waals surface area contributed by atoms with Gasteiger partial charge in [-0.2, -0.15) is 5.10 Å². The third kappa shape index (κ3) is 3.87. The van der Waals surface area contributed by atoms with Gasteiger partial charge in [-0.05, 0) is 63.0 Å². The van der Waals surface area contributed by atoms with Gasteiger partial charge in [-0.25, -0.2) is 9.67 Å². The zero-order chi connectivity index (χ0) is 19.5. The number of piperidine rings is 1. The Morgan fingerprint density at radius 3 is 2.57 bits per heavy atom. The van der Waals surface area contributed by atoms with Gasteiger partial charge < -0.3 is 5.32 Å². The number of carbonyl (C=O) groups excluding carboxylic acids is 1. The molecule has 3 aromatic rings. The highest BCUT2D eigenvalue weighted by Gasteiger charge is 2.18. The van der Waals surface area contributed by atoms with Crippen LogP contribution in [0.5, 0.6) is 0 Å². The third-order valence-corrected chi connectivity index (χ3v) is 5.39. The van der Waals surface area contributed by atoms with Crippen molar-refractivity contribution in [2.24, 2.45) is 0 Å². The molecule has 6 nitrogen and oxygen atoms in total. The number of nitrogens with one attached hydrogen (secondary N) is 1. The molecule has 6 heteroatoms. The molecule has 4 rings (SSSR count). The lowest BCUT2D eigenvalue weighted by Gasteiger charge is -2.22. The van der Waals surface area contributed by atoms with E-state index < -0.39 is 0 Å². The second-order valence-corrected chi connectivity index (χ2v) is 7.46. The van der Waals surface area contributed by atoms with Crippen molar-refractivity contribution in [3.63, 3.8) is 0 Å². The van der Waals surface area contributed by atoms with Crippen molar-refractivity contribution in [2.45, 2.75) is 39.0 Å². The standard InChI is InChI=1S/C22H25N5O/c1-15-3-6-22(25-12-15)27-16(2)19(14-26-27)21(28)11-17-4-5-20(24-13-17)18-7-9-23-10-8-18/h3-6,12-14,18,23H,7-11H2,1-2H3. The molecule has 0 radical (unpaired) electrons. The van der Waals surface area contributed by atoms with Gasteiger partial charge in [-0.3, -0.25) is 9.78 Å². The molecule has 0 bridgehead atoms. The molecule has 0 amide bonds. The van der Waals surface area contributed by atoms with Crippen molar-refractivity contribution in [2.75, 3.05) is 13.1 Å². The largest absolute Gasteiger partial charge is 0.317 e. The van der Waals surface area contributed by atoms with E-state index in [2.05, 4.69) is 26.4 Å². The lowest BCUT2D eigenvalue weighted by Crippen LogP contribution is -2.27. The maximum Gasteiger partial charge on any atom is 0.170 e. The normalized spacial score (nSPS) is 14.9. The van der Waals surface area contributed by atoms with Gasteiger partial charge in [0.25, 0.3) is 0 Å². The van der Waals surface area contributed by atoms with Crippen molar-refractivity contribution in [1.82, 2.24) is 25.1 Å². The maximum absolute atomic E-state index is 12.8. The minimum Gasteiger partial charge on any atom is -0.317 e. The molecule has 0 atom stereocenters. The van der Waals surface area contributed by atoms with E-state index >= 15 is 0 Å². The molecule has 1 saturated heterocycles. The molecule has 1 N–H and O–H groups in total. The average Bonchev–Trinajstić information content (AvgIpc) is 3.11. The van der Waals surface area contributed by atoms with Crippen LogP contribution in [0.3, 0.4) is 0 Å². The molecular formula is C22H25N5O. The van der Waals surface area contributed by atoms with Gasteiger partial charge in [0.15, 0.2) is 11.6 Å². The maximum atomic E-state index is 12.8. The van der Waals surface area contributed by atoms with Crippen molar-refractivity contribution in [3.8, 4) is 5.82 Å². The van der Waals surface area contributed by atoms with E-state index in [1.165, 1.54) is 0 Å². The van der Waals surface area contributed by atoms with Crippen LogP contribution >= 0.6 is 0 Å². The fourth-order valence-electron chi connectivity index (χ4n) is 3.68. The van der Waals surface area contributed by atoms with E-state index in [1.807, 2.05) is 38.2 Å². The van der Waals surface area contributed by atoms with Crippen molar-refractivity contribution in [3.05, 3.63) is 70.9 Å². The minimum atomic E-state index is 0.0484. The van der Waals surface area contributed by atoms with Crippen LogP contribution in [0.15, 0.2) is 42.9 Å². The summed E-state index contributed by atoms with van der Waals surface area (Å²) in [6.07, 6.45) is 7.85. The van der Waals surface area contributed by atoms with Gasteiger partial charge in [0.2, 0.25) is 0 Å². The molecule has 1 fully saturated rings. The van der Waals surface area contributed by atoms with Crippen LogP contribution in [0.1, 0.15) is 51.6 Å². The Balaban J connectivity index is 1.47. The van der Waals surface area contributed by atoms with E-state index in [9.17, 15) is 4.79 Å². The molecule has 1 aliphatic heterocycles. The van der Waals surface area contributed by atoms with Crippen LogP contribution < -0.4 is 5.32 Å². The number of carbonyl (C=O) groups is 1. The molecular weight excluding hydrogens is 350 g/mol. The number of hydrogen-bond donors (Lipinski definition) is 1. The fraction of sp³-hybridized carbons (Fsp3) is 0.364. The molecule has 144 valence electrons. The highest BCUT2D eigenvalue weighted by molar-refractivity contribution is 5.98. The van der Waals surface area contributed by atoms with Gasteiger partial charge in [-0.15, -0.1) is 0 Å². The zero-order valence-electron chi connectivity index (χ0n) is 16.4. The van der Waals surface area contributed by atoms with E-state index in [0.29, 0.717) is 17.9 Å². The van der Waals surface area contributed by atoms with Crippen molar-refractivity contribution >= 4 is 5.78 Å². The number of pyridine rings is 2. The third-order valence-electron chi connectivity index (χ3n) is 5.39. The molecule has 4 heterocycles. The first kappa shape index (κ1) is 18.5. The number of rotatable bonds is 5. The Labute approximate surface area is 165 Å². The molecule has 0 spiro atoms. The number of nitrogens with zero attached hydrogens (tertiary/aromatic N) is 4. The SMILES string of the molecule is Cc1ccc(-n2ncc(C(=O)Cc3ccc(C4CCNCC4)nc3)c2C)nc1. The molecule has 1 aliphatic rings. The highest BCUT2D eigenvalue weighted by Crippen LogP contribution is 2.23. The Morgan fingerprint density at radius 2 is 1.89 bits per heavy atom. The number of Topliss-reactive ketones (excluding diaryl/α,β-unsaturated/α-hetero) is 1. The second kappa shape index (κ2) is 8.02. The van der Waals surface area contributed by atoms with Crippen LogP contribution in [0.25, 0.3) is 5.82 Å². The van der Waals surface area contributed by atoms with Crippen LogP contribution in [-0.4, -0.2) is 38.6 Å². The lowest BCUT2D eigenvalue weighted by atomic mass is 9.93. The highest BCUT2D eigenvalue weighted by atomic mass is 16.1. The minimum absolute atomic E-state index is 0.0484. The van der Waals surface area contributed by atoms with Gasteiger partial charge in [0, 0.05) is 30.4 Å². The second-order valence-electron chi connectivity index (χ2n) is 7.46. The first-order valence-corrected chi connectivity index (χ1v) is 9.78. The predicted molar refractivity (Wildman–Crippen MR) is 108 cm³/mol. The van der Waals surface area contributed by atoms with Crippen LogP contribution in [0, 0.1) is 13.8 Å². The predicted octanol–water partition coefficient (Wildman–Crippen LogP) is 3.17. The summed E-state index contributed by atoms with van der Waals surface area (Å²) in [5, 5.41) is 7.74. The summed E-state index contributed by atoms with van der Waals surface area (Å²) in [7, 11) is 0. The van der Waals surface area contributed by atoms with Gasteiger partial charge in [0.1, 0.15) is 0 Å². The Bertz CT molecular complexity index is 954. The van der Waals surface area contributed by atoms with E-state index in [1.54, 1.807) is 17.1 Å². The summed E-state index contributed by atoms with van der Waals surface area (Å²) in [5.74, 6) is 1.29. The van der Waals surface area contributed by atoms with Crippen molar-refractivity contribution < 1.29 is 4.79 Å². The van der Waals surface area contributed by atoms with Crippen LogP contribution in [-0.2, 0) is 6.42 Å². The molecule has 28 heavy (non-hydrogen) atoms. The number of aromatic nitrogens is 4. The molecule has 3 aromatic heterocycles. The average molecular weight is 375 g/mol. The smallest absolute Gasteiger partial charge is 0.170 e. The van der Waals surface area contributed by atoms with Gasteiger partial charge in [-0.1, -0.05) is 12.1 Å². The van der Waals surface area contributed by atoms with E-state index in [-0.39, 0.29) is 5.78 Å². The van der Waals surface area contributed by atoms with Crippen LogP contribution in [0.2, 0.25) is 0 Å². The van der Waals surface area contributed by atoms with E-state index in [4.69, 9.17) is 0 Å². The van der Waals surface area contributed by atoms with E-state index in [0.717, 1.165) is 54.3 Å². The molecule has 0 aromatic carbocycles. The van der Waals surface area contributed by atoms with Crippen LogP contribution in [0.4, 0.5) is 0 Å². The summed E-state index contributed by atoms with van der Waals surface area (Å²) in [6.45, 7) is 5.99. The molecule has 0 aliphatic carbocycles. The summed E-state index contributed by atoms with van der Waals surface area (Å²) < 4.78 is 1.71. The number of aryl methyl sites for hydroxylation is 1. The Morgan fingerprint density at radius 1 is 1.07 bits per heavy atom. The number of ketones is 1. The Kier molecular flexibility index (Phi) is 5.30. The number of hydrogen-bond acceptors (Lipinski definition) is 5. The molecule has 0 unspecified atom stereocenters. The monoisotopic (exact) mass is 375 g/mol. The van der Waals surface area contributed by atoms with Gasteiger partial charge >= 0.3 is 0 Å². The first-order valence-electron chi connectivity index (χ1n) is 9.78. The summed E-state index contributed by atoms with van der Waals surface area (Å²) in [6, 6.07) is 8.00. The van der Waals surface area contributed by atoms with Crippen molar-refractivity contribution in [1.29, 1.82) is 0 Å². The summed E-state index contributed by atoms with van der Waals surface area (Å²) in [4.78, 5) is 21.8. The summed E-state index contributed by atoms with van der Waals surface area (Å²) in [5.41, 5.74) is 4.59. The molecule has 0 saturated carbocycles. The topological polar surface area (TPSA) is 72.7 Å². The first-order chi connectivity index (χ1) is 13.6. The fourth-order valence-corrected chi connectivity index (χ4v) is 3.68. The summed E-state index contributed by atoms with van der Waals surface area (Å²) >= 11 is 0. The Hall–Kier alpha value is -2.86. The van der Waals surface area contributed by atoms with Gasteiger partial charge in [0.05, 0.1) is 17.5 Å². The lowest BCUT2D eigenvalue weighted by molar-refractivity contribution is 0.0992. The zero-order valence-corrected chi connectivity index (χ0v) is 16.4.